The zero-order valence-electron chi connectivity index (χ0n) is 13.9. The van der Waals surface area contributed by atoms with Gasteiger partial charge in [0.1, 0.15) is 6.07 Å². The molecule has 0 spiro atoms. The van der Waals surface area contributed by atoms with E-state index in [1.165, 1.54) is 0 Å². The molecule has 0 bridgehead atoms. The molecule has 7 heteroatoms. The fourth-order valence-corrected chi connectivity index (χ4v) is 3.65. The second-order valence-corrected chi connectivity index (χ2v) is 6.89. The molecule has 7 nitrogen and oxygen atoms in total. The average molecular weight is 331 g/mol. The highest BCUT2D eigenvalue weighted by Gasteiger charge is 2.23. The van der Waals surface area contributed by atoms with E-state index in [2.05, 4.69) is 16.5 Å². The topological polar surface area (TPSA) is 94.2 Å². The van der Waals surface area contributed by atoms with E-state index in [-0.39, 0.29) is 12.6 Å². The van der Waals surface area contributed by atoms with Crippen LogP contribution in [0.2, 0.25) is 0 Å². The van der Waals surface area contributed by atoms with Gasteiger partial charge in [0, 0.05) is 26.2 Å². The van der Waals surface area contributed by atoms with Gasteiger partial charge in [-0.2, -0.15) is 10.4 Å². The number of carbonyl (C=O) groups excluding carboxylic acids is 1. The molecule has 0 radical (unpaired) electrons. The number of aromatic nitrogens is 2. The van der Waals surface area contributed by atoms with Crippen LogP contribution < -0.4 is 5.32 Å². The molecule has 1 aliphatic heterocycles. The van der Waals surface area contributed by atoms with Gasteiger partial charge in [-0.15, -0.1) is 0 Å². The summed E-state index contributed by atoms with van der Waals surface area (Å²) < 4.78 is 1.84. The lowest BCUT2D eigenvalue weighted by Crippen LogP contribution is -2.42. The summed E-state index contributed by atoms with van der Waals surface area (Å²) in [4.78, 5) is 14.3. The van der Waals surface area contributed by atoms with Gasteiger partial charge < -0.3 is 15.3 Å². The number of hydrogen-bond acceptors (Lipinski definition) is 4. The molecule has 0 aromatic carbocycles. The van der Waals surface area contributed by atoms with Crippen molar-refractivity contribution < 1.29 is 9.90 Å². The number of nitrogens with one attached hydrogen (secondary N) is 1. The molecule has 2 amide bonds. The Morgan fingerprint density at radius 2 is 2.08 bits per heavy atom. The van der Waals surface area contributed by atoms with Crippen LogP contribution in [0.4, 0.5) is 4.79 Å². The minimum Gasteiger partial charge on any atom is -0.396 e. The van der Waals surface area contributed by atoms with Crippen LogP contribution in [0, 0.1) is 23.2 Å². The number of hydrogen-bond donors (Lipinski definition) is 2. The van der Waals surface area contributed by atoms with Crippen molar-refractivity contribution >= 4 is 6.03 Å². The zero-order valence-corrected chi connectivity index (χ0v) is 13.9. The summed E-state index contributed by atoms with van der Waals surface area (Å²) in [5.74, 6) is 0.955. The highest BCUT2D eigenvalue weighted by molar-refractivity contribution is 5.74. The van der Waals surface area contributed by atoms with Crippen LogP contribution in [0.3, 0.4) is 0 Å². The average Bonchev–Trinajstić information content (AvgIpc) is 2.90. The standard InChI is InChI=1S/C17H25N5O2/c18-9-15-8-16-11-21(6-1-7-22(16)20-15)17(24)19-10-13-2-4-14(12-23)5-3-13/h8,13-14,23H,1-7,10-12H2,(H,19,24). The monoisotopic (exact) mass is 331 g/mol. The lowest BCUT2D eigenvalue weighted by molar-refractivity contribution is 0.162. The van der Waals surface area contributed by atoms with E-state index in [1.54, 1.807) is 11.0 Å². The lowest BCUT2D eigenvalue weighted by Gasteiger charge is -2.28. The van der Waals surface area contributed by atoms with Gasteiger partial charge in [-0.3, -0.25) is 4.68 Å². The number of urea groups is 1. The van der Waals surface area contributed by atoms with Crippen LogP contribution in [0.15, 0.2) is 6.07 Å². The first-order chi connectivity index (χ1) is 11.7. The van der Waals surface area contributed by atoms with Gasteiger partial charge in [-0.1, -0.05) is 0 Å². The van der Waals surface area contributed by atoms with Crippen LogP contribution in [0.25, 0.3) is 0 Å². The van der Waals surface area contributed by atoms with E-state index in [1.807, 2.05) is 4.68 Å². The van der Waals surface area contributed by atoms with E-state index < -0.39 is 0 Å². The first-order valence-corrected chi connectivity index (χ1v) is 8.80. The first kappa shape index (κ1) is 16.8. The molecule has 1 saturated carbocycles. The molecule has 1 aromatic heterocycles. The molecular weight excluding hydrogens is 306 g/mol. The van der Waals surface area contributed by atoms with Crippen molar-refractivity contribution in [3.05, 3.63) is 17.5 Å². The molecule has 1 fully saturated rings. The predicted octanol–water partition coefficient (Wildman–Crippen LogP) is 1.47. The van der Waals surface area contributed by atoms with E-state index in [4.69, 9.17) is 5.26 Å². The summed E-state index contributed by atoms with van der Waals surface area (Å²) in [5, 5.41) is 25.4. The number of carbonyl (C=O) groups is 1. The smallest absolute Gasteiger partial charge is 0.317 e. The third-order valence-electron chi connectivity index (χ3n) is 5.18. The number of nitrogens with zero attached hydrogens (tertiary/aromatic N) is 4. The fourth-order valence-electron chi connectivity index (χ4n) is 3.65. The number of aliphatic hydroxyl groups is 1. The van der Waals surface area contributed by atoms with E-state index >= 15 is 0 Å². The molecule has 0 saturated heterocycles. The van der Waals surface area contributed by atoms with Crippen molar-refractivity contribution in [2.75, 3.05) is 19.7 Å². The van der Waals surface area contributed by atoms with Crippen molar-refractivity contribution in [1.29, 1.82) is 5.26 Å². The first-order valence-electron chi connectivity index (χ1n) is 8.80. The molecule has 2 heterocycles. The lowest BCUT2D eigenvalue weighted by atomic mass is 9.82. The van der Waals surface area contributed by atoms with Crippen LogP contribution in [-0.2, 0) is 13.1 Å². The van der Waals surface area contributed by atoms with Gasteiger partial charge >= 0.3 is 6.03 Å². The molecular formula is C17H25N5O2. The van der Waals surface area contributed by atoms with Crippen molar-refractivity contribution in [1.82, 2.24) is 20.0 Å². The molecule has 24 heavy (non-hydrogen) atoms. The summed E-state index contributed by atoms with van der Waals surface area (Å²) in [6.07, 6.45) is 5.09. The Kier molecular flexibility index (Phi) is 5.36. The Bertz CT molecular complexity index is 613. The van der Waals surface area contributed by atoms with Gasteiger partial charge in [-0.25, -0.2) is 4.79 Å². The van der Waals surface area contributed by atoms with Gasteiger partial charge in [-0.05, 0) is 50.0 Å². The number of aliphatic hydroxyl groups excluding tert-OH is 1. The van der Waals surface area contributed by atoms with Gasteiger partial charge in [0.25, 0.3) is 0 Å². The highest BCUT2D eigenvalue weighted by atomic mass is 16.3. The third-order valence-corrected chi connectivity index (χ3v) is 5.18. The Labute approximate surface area is 142 Å². The van der Waals surface area contributed by atoms with Gasteiger partial charge in [0.2, 0.25) is 0 Å². The van der Waals surface area contributed by atoms with Gasteiger partial charge in [0.15, 0.2) is 5.69 Å². The van der Waals surface area contributed by atoms with Crippen LogP contribution in [0.1, 0.15) is 43.5 Å². The molecule has 1 aromatic rings. The molecule has 0 unspecified atom stereocenters. The summed E-state index contributed by atoms with van der Waals surface area (Å²) in [5.41, 5.74) is 1.33. The van der Waals surface area contributed by atoms with Crippen molar-refractivity contribution in [2.24, 2.45) is 11.8 Å². The molecule has 130 valence electrons. The minimum atomic E-state index is -0.0348. The van der Waals surface area contributed by atoms with Crippen LogP contribution in [0.5, 0.6) is 0 Å². The second kappa shape index (κ2) is 7.67. The van der Waals surface area contributed by atoms with Crippen molar-refractivity contribution in [2.45, 2.75) is 45.2 Å². The van der Waals surface area contributed by atoms with Crippen molar-refractivity contribution in [3.8, 4) is 6.07 Å². The maximum absolute atomic E-state index is 12.5. The highest BCUT2D eigenvalue weighted by Crippen LogP contribution is 2.27. The summed E-state index contributed by atoms with van der Waals surface area (Å²) in [6.45, 7) is 2.93. The van der Waals surface area contributed by atoms with Crippen LogP contribution >= 0.6 is 0 Å². The molecule has 1 aliphatic carbocycles. The van der Waals surface area contributed by atoms with Crippen molar-refractivity contribution in [3.63, 3.8) is 0 Å². The molecule has 2 aliphatic rings. The van der Waals surface area contributed by atoms with Crippen LogP contribution in [-0.4, -0.2) is 45.5 Å². The largest absolute Gasteiger partial charge is 0.396 e. The Morgan fingerprint density at radius 3 is 2.79 bits per heavy atom. The minimum absolute atomic E-state index is 0.0348. The number of fused-ring (bicyclic) bond motifs is 1. The zero-order chi connectivity index (χ0) is 16.9. The fraction of sp³-hybridized carbons (Fsp3) is 0.706. The number of nitriles is 1. The van der Waals surface area contributed by atoms with E-state index in [0.717, 1.165) is 44.3 Å². The van der Waals surface area contributed by atoms with E-state index in [0.29, 0.717) is 37.2 Å². The maximum Gasteiger partial charge on any atom is 0.317 e. The molecule has 2 N–H and O–H groups in total. The summed E-state index contributed by atoms with van der Waals surface area (Å²) in [6, 6.07) is 3.79. The Morgan fingerprint density at radius 1 is 1.33 bits per heavy atom. The van der Waals surface area contributed by atoms with Gasteiger partial charge in [0.05, 0.1) is 12.2 Å². The number of rotatable bonds is 3. The Balaban J connectivity index is 1.51. The summed E-state index contributed by atoms with van der Waals surface area (Å²) >= 11 is 0. The molecule has 0 atom stereocenters. The predicted molar refractivity (Wildman–Crippen MR) is 87.9 cm³/mol. The maximum atomic E-state index is 12.5. The van der Waals surface area contributed by atoms with E-state index in [9.17, 15) is 9.90 Å². The normalized spacial score (nSPS) is 23.9. The molecule has 3 rings (SSSR count). The quantitative estimate of drug-likeness (QED) is 0.877. The summed E-state index contributed by atoms with van der Waals surface area (Å²) in [7, 11) is 0. The third kappa shape index (κ3) is 3.88. The second-order valence-electron chi connectivity index (χ2n) is 6.89. The SMILES string of the molecule is N#Cc1cc2n(n1)CCCN(C(=O)NCC1CCC(CO)CC1)C2. The number of amides is 2. The Hall–Kier alpha value is -2.07. The number of aryl methyl sites for hydroxylation is 1.